The molecule has 120 valence electrons. The van der Waals surface area contributed by atoms with E-state index in [4.69, 9.17) is 0 Å². The Morgan fingerprint density at radius 2 is 2.05 bits per heavy atom. The van der Waals surface area contributed by atoms with Gasteiger partial charge in [-0.2, -0.15) is 5.10 Å². The lowest BCUT2D eigenvalue weighted by atomic mass is 10.00. The molecule has 1 N–H and O–H groups in total. The Labute approximate surface area is 129 Å². The number of rotatable bonds is 6. The van der Waals surface area contributed by atoms with Crippen LogP contribution >= 0.6 is 0 Å². The highest BCUT2D eigenvalue weighted by molar-refractivity contribution is 4.91. The molecule has 2 atom stereocenters. The lowest BCUT2D eigenvalue weighted by Gasteiger charge is -2.39. The summed E-state index contributed by atoms with van der Waals surface area (Å²) >= 11 is 0. The minimum Gasteiger partial charge on any atom is -0.311 e. The minimum atomic E-state index is 0.553. The second-order valence-electron chi connectivity index (χ2n) is 7.27. The van der Waals surface area contributed by atoms with Crippen molar-refractivity contribution < 1.29 is 0 Å². The molecule has 5 heteroatoms. The first-order valence-electron chi connectivity index (χ1n) is 8.29. The van der Waals surface area contributed by atoms with Crippen molar-refractivity contribution in [1.29, 1.82) is 0 Å². The number of nitrogens with one attached hydrogen (secondary N) is 1. The molecule has 21 heavy (non-hydrogen) atoms. The normalized spacial score (nSPS) is 24.1. The summed E-state index contributed by atoms with van der Waals surface area (Å²) in [6, 6.07) is 1.15. The van der Waals surface area contributed by atoms with Crippen molar-refractivity contribution >= 4 is 0 Å². The van der Waals surface area contributed by atoms with Gasteiger partial charge in [-0.3, -0.25) is 4.90 Å². The van der Waals surface area contributed by atoms with Crippen LogP contribution in [0.5, 0.6) is 0 Å². The van der Waals surface area contributed by atoms with Crippen molar-refractivity contribution in [2.24, 2.45) is 11.8 Å². The minimum absolute atomic E-state index is 0.553. The van der Waals surface area contributed by atoms with Crippen molar-refractivity contribution in [3.8, 4) is 0 Å². The zero-order valence-electron chi connectivity index (χ0n) is 14.2. The molecule has 1 saturated heterocycles. The van der Waals surface area contributed by atoms with Gasteiger partial charge in [-0.1, -0.05) is 27.7 Å². The largest absolute Gasteiger partial charge is 0.311 e. The molecule has 0 bridgehead atoms. The van der Waals surface area contributed by atoms with Gasteiger partial charge < -0.3 is 5.32 Å². The molecule has 0 saturated carbocycles. The summed E-state index contributed by atoms with van der Waals surface area (Å²) < 4.78 is 2.07. The van der Waals surface area contributed by atoms with Gasteiger partial charge in [0.2, 0.25) is 0 Å². The maximum absolute atomic E-state index is 4.47. The summed E-state index contributed by atoms with van der Waals surface area (Å²) in [4.78, 5) is 7.02. The molecule has 1 aromatic rings. The van der Waals surface area contributed by atoms with E-state index < -0.39 is 0 Å². The van der Waals surface area contributed by atoms with Crippen molar-refractivity contribution in [2.75, 3.05) is 13.1 Å². The van der Waals surface area contributed by atoms with Crippen LogP contribution in [0.25, 0.3) is 0 Å². The van der Waals surface area contributed by atoms with Crippen LogP contribution in [0.4, 0.5) is 0 Å². The third-order valence-electron chi connectivity index (χ3n) is 4.11. The number of hydrogen-bond acceptors (Lipinski definition) is 4. The van der Waals surface area contributed by atoms with E-state index >= 15 is 0 Å². The third kappa shape index (κ3) is 4.78. The average molecular weight is 293 g/mol. The summed E-state index contributed by atoms with van der Waals surface area (Å²) in [5, 5.41) is 8.05. The van der Waals surface area contributed by atoms with Crippen LogP contribution in [-0.2, 0) is 13.1 Å². The van der Waals surface area contributed by atoms with Gasteiger partial charge in [0.05, 0.1) is 6.54 Å². The lowest BCUT2D eigenvalue weighted by molar-refractivity contribution is 0.119. The van der Waals surface area contributed by atoms with Gasteiger partial charge in [0, 0.05) is 31.7 Å². The average Bonchev–Trinajstić information content (AvgIpc) is 2.79. The monoisotopic (exact) mass is 293 g/mol. The summed E-state index contributed by atoms with van der Waals surface area (Å²) in [7, 11) is 0. The second-order valence-corrected chi connectivity index (χ2v) is 7.27. The second kappa shape index (κ2) is 7.36. The van der Waals surface area contributed by atoms with Gasteiger partial charge >= 0.3 is 0 Å². The highest BCUT2D eigenvalue weighted by Crippen LogP contribution is 2.15. The van der Waals surface area contributed by atoms with Crippen LogP contribution in [0.15, 0.2) is 6.33 Å². The Balaban J connectivity index is 1.98. The van der Waals surface area contributed by atoms with Crippen molar-refractivity contribution in [2.45, 2.75) is 66.2 Å². The summed E-state index contributed by atoms with van der Waals surface area (Å²) in [5.74, 6) is 2.43. The molecule has 2 rings (SSSR count). The van der Waals surface area contributed by atoms with E-state index in [9.17, 15) is 0 Å². The number of piperazine rings is 1. The standard InChI is InChI=1S/C16H31N5/c1-12(2)6-15-9-20(14(5)7-17-15)10-16-18-11-19-21(16)8-13(3)4/h11-15,17H,6-10H2,1-5H3. The van der Waals surface area contributed by atoms with Gasteiger partial charge in [0.15, 0.2) is 0 Å². The van der Waals surface area contributed by atoms with E-state index in [0.29, 0.717) is 18.0 Å². The molecule has 0 amide bonds. The Hall–Kier alpha value is -0.940. The molecule has 2 heterocycles. The molecule has 1 aliphatic heterocycles. The van der Waals surface area contributed by atoms with Gasteiger partial charge in [-0.15, -0.1) is 0 Å². The van der Waals surface area contributed by atoms with E-state index in [2.05, 4.69) is 59.6 Å². The predicted octanol–water partition coefficient (Wildman–Crippen LogP) is 2.14. The van der Waals surface area contributed by atoms with E-state index in [1.165, 1.54) is 6.42 Å². The Morgan fingerprint density at radius 3 is 2.71 bits per heavy atom. The van der Waals surface area contributed by atoms with Crippen LogP contribution in [0, 0.1) is 11.8 Å². The first-order chi connectivity index (χ1) is 9.95. The first-order valence-corrected chi connectivity index (χ1v) is 8.29. The fourth-order valence-corrected chi connectivity index (χ4v) is 3.03. The van der Waals surface area contributed by atoms with Crippen LogP contribution in [-0.4, -0.2) is 44.8 Å². The molecule has 0 aliphatic carbocycles. The van der Waals surface area contributed by atoms with Crippen LogP contribution in [0.2, 0.25) is 0 Å². The molecule has 2 unspecified atom stereocenters. The first kappa shape index (κ1) is 16.4. The predicted molar refractivity (Wildman–Crippen MR) is 86.0 cm³/mol. The van der Waals surface area contributed by atoms with Gasteiger partial charge in [0.25, 0.3) is 0 Å². The smallest absolute Gasteiger partial charge is 0.141 e. The molecule has 1 aliphatic rings. The van der Waals surface area contributed by atoms with Crippen molar-refractivity contribution in [1.82, 2.24) is 25.0 Å². The molecule has 0 radical (unpaired) electrons. The maximum Gasteiger partial charge on any atom is 0.141 e. The zero-order chi connectivity index (χ0) is 15.4. The zero-order valence-corrected chi connectivity index (χ0v) is 14.2. The highest BCUT2D eigenvalue weighted by atomic mass is 15.4. The number of hydrogen-bond donors (Lipinski definition) is 1. The van der Waals surface area contributed by atoms with Crippen LogP contribution in [0.1, 0.15) is 46.9 Å². The van der Waals surface area contributed by atoms with E-state index in [1.807, 2.05) is 0 Å². The molecule has 0 spiro atoms. The lowest BCUT2D eigenvalue weighted by Crippen LogP contribution is -2.55. The highest BCUT2D eigenvalue weighted by Gasteiger charge is 2.26. The Bertz CT molecular complexity index is 426. The Morgan fingerprint density at radius 1 is 1.29 bits per heavy atom. The molecular formula is C16H31N5. The SMILES string of the molecule is CC(C)CC1CN(Cc2ncnn2CC(C)C)C(C)CN1. The van der Waals surface area contributed by atoms with Crippen LogP contribution in [0.3, 0.4) is 0 Å². The van der Waals surface area contributed by atoms with E-state index in [0.717, 1.165) is 37.9 Å². The summed E-state index contributed by atoms with van der Waals surface area (Å²) in [6.45, 7) is 15.3. The summed E-state index contributed by atoms with van der Waals surface area (Å²) in [5.41, 5.74) is 0. The molecule has 5 nitrogen and oxygen atoms in total. The van der Waals surface area contributed by atoms with Gasteiger partial charge in [0.1, 0.15) is 12.2 Å². The third-order valence-corrected chi connectivity index (χ3v) is 4.11. The van der Waals surface area contributed by atoms with Gasteiger partial charge in [-0.05, 0) is 25.2 Å². The van der Waals surface area contributed by atoms with Crippen molar-refractivity contribution in [3.05, 3.63) is 12.2 Å². The fourth-order valence-electron chi connectivity index (χ4n) is 3.03. The van der Waals surface area contributed by atoms with Crippen LogP contribution < -0.4 is 5.32 Å². The number of nitrogens with zero attached hydrogens (tertiary/aromatic N) is 4. The number of aromatic nitrogens is 3. The van der Waals surface area contributed by atoms with Crippen molar-refractivity contribution in [3.63, 3.8) is 0 Å². The molecular weight excluding hydrogens is 262 g/mol. The van der Waals surface area contributed by atoms with E-state index in [-0.39, 0.29) is 0 Å². The molecule has 1 aromatic heterocycles. The Kier molecular flexibility index (Phi) is 5.76. The maximum atomic E-state index is 4.47. The fraction of sp³-hybridized carbons (Fsp3) is 0.875. The molecule has 1 fully saturated rings. The topological polar surface area (TPSA) is 46.0 Å². The molecule has 0 aromatic carbocycles. The van der Waals surface area contributed by atoms with Gasteiger partial charge in [-0.25, -0.2) is 9.67 Å². The summed E-state index contributed by atoms with van der Waals surface area (Å²) in [6.07, 6.45) is 2.93. The van der Waals surface area contributed by atoms with E-state index in [1.54, 1.807) is 6.33 Å². The quantitative estimate of drug-likeness (QED) is 0.873.